The maximum atomic E-state index is 12.8. The Kier molecular flexibility index (Phi) is 5.74. The highest BCUT2D eigenvalue weighted by atomic mass is 16.6. The Morgan fingerprint density at radius 2 is 1.91 bits per heavy atom. The van der Waals surface area contributed by atoms with E-state index in [1.807, 2.05) is 18.2 Å². The molecule has 4 aromatic rings. The molecule has 162 valence electrons. The van der Waals surface area contributed by atoms with Crippen LogP contribution in [0, 0.1) is 0 Å². The molecule has 0 unspecified atom stereocenters. The first-order chi connectivity index (χ1) is 15.6. The SMILES string of the molecule is COc1ccc(/C=N\NC(=O)c2nnn(-c3nonc3N)c2-c2ccccc2)cc1OC. The molecule has 0 atom stereocenters. The second-order valence-electron chi connectivity index (χ2n) is 6.35. The van der Waals surface area contributed by atoms with Crippen LogP contribution in [0.25, 0.3) is 17.1 Å². The largest absolute Gasteiger partial charge is 0.493 e. The average Bonchev–Trinajstić information content (AvgIpc) is 3.45. The highest BCUT2D eigenvalue weighted by Gasteiger charge is 2.24. The molecule has 12 nitrogen and oxygen atoms in total. The van der Waals surface area contributed by atoms with Gasteiger partial charge in [0.15, 0.2) is 17.2 Å². The molecule has 0 aliphatic heterocycles. The van der Waals surface area contributed by atoms with Crippen molar-refractivity contribution in [3.8, 4) is 28.6 Å². The number of anilines is 1. The number of hydrazone groups is 1. The molecule has 0 fully saturated rings. The lowest BCUT2D eigenvalue weighted by molar-refractivity contribution is 0.0950. The van der Waals surface area contributed by atoms with E-state index in [9.17, 15) is 4.79 Å². The zero-order valence-corrected chi connectivity index (χ0v) is 17.1. The number of carbonyl (C=O) groups excluding carboxylic acids is 1. The number of hydrogen-bond donors (Lipinski definition) is 2. The number of nitrogens with two attached hydrogens (primary N) is 1. The molecule has 2 aromatic heterocycles. The van der Waals surface area contributed by atoms with Crippen LogP contribution in [0.15, 0.2) is 58.3 Å². The van der Waals surface area contributed by atoms with Gasteiger partial charge in [-0.3, -0.25) is 4.79 Å². The third-order valence-electron chi connectivity index (χ3n) is 4.42. The molecular formula is C20H18N8O4. The summed E-state index contributed by atoms with van der Waals surface area (Å²) in [6.45, 7) is 0. The molecule has 3 N–H and O–H groups in total. The summed E-state index contributed by atoms with van der Waals surface area (Å²) in [7, 11) is 3.08. The monoisotopic (exact) mass is 434 g/mol. The van der Waals surface area contributed by atoms with Gasteiger partial charge in [0.25, 0.3) is 5.91 Å². The summed E-state index contributed by atoms with van der Waals surface area (Å²) < 4.78 is 16.4. The van der Waals surface area contributed by atoms with Crippen molar-refractivity contribution in [2.45, 2.75) is 0 Å². The molecule has 0 aliphatic rings. The summed E-state index contributed by atoms with van der Waals surface area (Å²) in [5.41, 5.74) is 9.97. The molecule has 0 spiro atoms. The highest BCUT2D eigenvalue weighted by Crippen LogP contribution is 2.27. The number of ether oxygens (including phenoxy) is 2. The molecular weight excluding hydrogens is 416 g/mol. The van der Waals surface area contributed by atoms with Crippen molar-refractivity contribution in [1.29, 1.82) is 0 Å². The number of nitrogen functional groups attached to an aromatic ring is 1. The third-order valence-corrected chi connectivity index (χ3v) is 4.42. The van der Waals surface area contributed by atoms with E-state index in [-0.39, 0.29) is 17.3 Å². The summed E-state index contributed by atoms with van der Waals surface area (Å²) in [5.74, 6) is 0.659. The molecule has 0 saturated heterocycles. The molecule has 0 aliphatic carbocycles. The van der Waals surface area contributed by atoms with Crippen LogP contribution in [-0.4, -0.2) is 51.6 Å². The maximum Gasteiger partial charge on any atom is 0.294 e. The lowest BCUT2D eigenvalue weighted by Gasteiger charge is -2.07. The summed E-state index contributed by atoms with van der Waals surface area (Å²) in [6, 6.07) is 14.3. The van der Waals surface area contributed by atoms with Crippen LogP contribution < -0.4 is 20.6 Å². The van der Waals surface area contributed by atoms with Crippen molar-refractivity contribution in [3.05, 3.63) is 59.8 Å². The van der Waals surface area contributed by atoms with Gasteiger partial charge in [-0.1, -0.05) is 35.5 Å². The van der Waals surface area contributed by atoms with Gasteiger partial charge in [0.1, 0.15) is 5.69 Å². The fourth-order valence-electron chi connectivity index (χ4n) is 2.93. The van der Waals surface area contributed by atoms with Crippen LogP contribution in [0.3, 0.4) is 0 Å². The first kappa shape index (κ1) is 20.5. The predicted molar refractivity (Wildman–Crippen MR) is 114 cm³/mol. The van der Waals surface area contributed by atoms with E-state index in [0.29, 0.717) is 28.3 Å². The number of hydrogen-bond acceptors (Lipinski definition) is 10. The third kappa shape index (κ3) is 3.96. The number of methoxy groups -OCH3 is 2. The lowest BCUT2D eigenvalue weighted by Crippen LogP contribution is -2.19. The van der Waals surface area contributed by atoms with Crippen LogP contribution >= 0.6 is 0 Å². The Morgan fingerprint density at radius 3 is 2.59 bits per heavy atom. The van der Waals surface area contributed by atoms with Gasteiger partial charge in [-0.2, -0.15) is 9.78 Å². The molecule has 32 heavy (non-hydrogen) atoms. The van der Waals surface area contributed by atoms with Crippen LogP contribution in [-0.2, 0) is 0 Å². The minimum absolute atomic E-state index is 0.00510. The number of nitrogens with zero attached hydrogens (tertiary/aromatic N) is 6. The standard InChI is InChI=1S/C20H18N8O4/c1-30-14-9-8-12(10-15(14)31-2)11-22-24-20(29)16-17(13-6-4-3-5-7-13)28(27-23-16)19-18(21)25-32-26-19/h3-11H,1-2H3,(H2,21,25)(H,24,29)/b22-11-. The van der Waals surface area contributed by atoms with Crippen molar-refractivity contribution in [3.63, 3.8) is 0 Å². The minimum Gasteiger partial charge on any atom is -0.493 e. The molecule has 0 radical (unpaired) electrons. The quantitative estimate of drug-likeness (QED) is 0.326. The first-order valence-corrected chi connectivity index (χ1v) is 9.27. The molecule has 1 amide bonds. The normalized spacial score (nSPS) is 10.9. The summed E-state index contributed by atoms with van der Waals surface area (Å²) in [6.07, 6.45) is 1.46. The Hall–Kier alpha value is -4.74. The topological polar surface area (TPSA) is 156 Å². The number of carbonyl (C=O) groups is 1. The van der Waals surface area contributed by atoms with E-state index in [1.165, 1.54) is 18.0 Å². The molecule has 2 heterocycles. The van der Waals surface area contributed by atoms with Gasteiger partial charge < -0.3 is 15.2 Å². The van der Waals surface area contributed by atoms with Crippen LogP contribution in [0.1, 0.15) is 16.1 Å². The Bertz CT molecular complexity index is 1270. The van der Waals surface area contributed by atoms with E-state index >= 15 is 0 Å². The molecule has 0 saturated carbocycles. The van der Waals surface area contributed by atoms with Gasteiger partial charge in [-0.05, 0) is 34.1 Å². The van der Waals surface area contributed by atoms with E-state index in [2.05, 4.69) is 35.8 Å². The van der Waals surface area contributed by atoms with Crippen molar-refractivity contribution in [1.82, 2.24) is 30.7 Å². The Labute approximate surface area is 181 Å². The maximum absolute atomic E-state index is 12.8. The highest BCUT2D eigenvalue weighted by molar-refractivity contribution is 5.98. The second-order valence-corrected chi connectivity index (χ2v) is 6.35. The number of aromatic nitrogens is 5. The molecule has 4 rings (SSSR count). The zero-order chi connectivity index (χ0) is 22.5. The van der Waals surface area contributed by atoms with E-state index in [1.54, 1.807) is 37.4 Å². The second kappa shape index (κ2) is 8.95. The van der Waals surface area contributed by atoms with Crippen molar-refractivity contribution in [2.75, 3.05) is 20.0 Å². The smallest absolute Gasteiger partial charge is 0.294 e. The van der Waals surface area contributed by atoms with Gasteiger partial charge in [0.05, 0.1) is 20.4 Å². The molecule has 0 bridgehead atoms. The van der Waals surface area contributed by atoms with Crippen LogP contribution in [0.2, 0.25) is 0 Å². The minimum atomic E-state index is -0.582. The fourth-order valence-corrected chi connectivity index (χ4v) is 2.93. The zero-order valence-electron chi connectivity index (χ0n) is 17.1. The Morgan fingerprint density at radius 1 is 1.12 bits per heavy atom. The van der Waals surface area contributed by atoms with Gasteiger partial charge in [0, 0.05) is 5.56 Å². The Balaban J connectivity index is 1.62. The van der Waals surface area contributed by atoms with E-state index < -0.39 is 5.91 Å². The first-order valence-electron chi connectivity index (χ1n) is 9.27. The predicted octanol–water partition coefficient (Wildman–Crippen LogP) is 1.68. The number of nitrogens with one attached hydrogen (secondary N) is 1. The summed E-state index contributed by atoms with van der Waals surface area (Å²) in [5, 5.41) is 19.3. The number of amides is 1. The summed E-state index contributed by atoms with van der Waals surface area (Å²) in [4.78, 5) is 12.8. The van der Waals surface area contributed by atoms with Crippen molar-refractivity contribution >= 4 is 17.9 Å². The van der Waals surface area contributed by atoms with E-state index in [4.69, 9.17) is 15.2 Å². The summed E-state index contributed by atoms with van der Waals surface area (Å²) >= 11 is 0. The van der Waals surface area contributed by atoms with Crippen molar-refractivity contribution < 1.29 is 18.9 Å². The molecule has 12 heteroatoms. The van der Waals surface area contributed by atoms with Gasteiger partial charge in [-0.15, -0.1) is 5.10 Å². The lowest BCUT2D eigenvalue weighted by atomic mass is 10.1. The van der Waals surface area contributed by atoms with Crippen LogP contribution in [0.4, 0.5) is 5.82 Å². The van der Waals surface area contributed by atoms with E-state index in [0.717, 1.165) is 0 Å². The van der Waals surface area contributed by atoms with Crippen LogP contribution in [0.5, 0.6) is 11.5 Å². The van der Waals surface area contributed by atoms with Gasteiger partial charge in [-0.25, -0.2) is 10.1 Å². The van der Waals surface area contributed by atoms with Gasteiger partial charge >= 0.3 is 0 Å². The van der Waals surface area contributed by atoms with Crippen molar-refractivity contribution in [2.24, 2.45) is 5.10 Å². The number of rotatable bonds is 7. The number of benzene rings is 2. The average molecular weight is 434 g/mol. The molecule has 2 aromatic carbocycles. The van der Waals surface area contributed by atoms with Gasteiger partial charge in [0.2, 0.25) is 11.6 Å². The fraction of sp³-hybridized carbons (Fsp3) is 0.100.